The van der Waals surface area contributed by atoms with Crippen LogP contribution in [-0.4, -0.2) is 26.3 Å². The third-order valence-corrected chi connectivity index (χ3v) is 3.90. The molecular formula is C3H10N4O2S2. The van der Waals surface area contributed by atoms with Crippen molar-refractivity contribution in [2.45, 2.75) is 0 Å². The number of hydrogen-bond acceptors (Lipinski definition) is 6. The molecule has 0 aromatic carbocycles. The van der Waals surface area contributed by atoms with Crippen LogP contribution < -0.4 is 17.1 Å². The van der Waals surface area contributed by atoms with E-state index in [1.54, 1.807) is 0 Å². The second-order valence-corrected chi connectivity index (χ2v) is 5.85. The van der Waals surface area contributed by atoms with Crippen LogP contribution in [0.25, 0.3) is 0 Å². The summed E-state index contributed by atoms with van der Waals surface area (Å²) in [5.41, 5.74) is 2.07. The average molecular weight is 198 g/mol. The van der Waals surface area contributed by atoms with Gasteiger partial charge in [-0.15, -0.1) is 0 Å². The molecule has 11 heavy (non-hydrogen) atoms. The van der Waals surface area contributed by atoms with Crippen molar-refractivity contribution in [2.75, 3.05) is 12.0 Å². The van der Waals surface area contributed by atoms with E-state index in [0.29, 0.717) is 0 Å². The van der Waals surface area contributed by atoms with Gasteiger partial charge in [-0.2, -0.15) is 5.10 Å². The fourth-order valence-corrected chi connectivity index (χ4v) is 1.64. The van der Waals surface area contributed by atoms with Gasteiger partial charge < -0.3 is 11.3 Å². The molecule has 66 valence electrons. The quantitative estimate of drug-likeness (QED) is 0.166. The lowest BCUT2D eigenvalue weighted by Crippen LogP contribution is -2.35. The Balaban J connectivity index is 4.25. The van der Waals surface area contributed by atoms with Gasteiger partial charge in [0.05, 0.1) is 0 Å². The van der Waals surface area contributed by atoms with E-state index in [1.807, 2.05) is 0 Å². The van der Waals surface area contributed by atoms with Gasteiger partial charge in [-0.25, -0.2) is 14.3 Å². The molecule has 0 aromatic heterocycles. The third-order valence-electron chi connectivity index (χ3n) is 0.890. The van der Waals surface area contributed by atoms with Crippen molar-refractivity contribution in [3.63, 3.8) is 0 Å². The first-order valence-electron chi connectivity index (χ1n) is 2.57. The summed E-state index contributed by atoms with van der Waals surface area (Å²) in [6.07, 6.45) is 1.46. The number of amidine groups is 1. The van der Waals surface area contributed by atoms with Crippen molar-refractivity contribution >= 4 is 25.5 Å². The van der Waals surface area contributed by atoms with Crippen LogP contribution in [0.15, 0.2) is 5.10 Å². The zero-order chi connectivity index (χ0) is 8.91. The Kier molecular flexibility index (Phi) is 4.23. The van der Waals surface area contributed by atoms with Gasteiger partial charge in [-0.3, -0.25) is 0 Å². The molecule has 0 aromatic rings. The number of hydrazine groups is 1. The molecule has 0 bridgehead atoms. The summed E-state index contributed by atoms with van der Waals surface area (Å²) in [6.45, 7) is 0. The molecule has 0 spiro atoms. The van der Waals surface area contributed by atoms with Crippen LogP contribution in [0, 0.1) is 0 Å². The fourth-order valence-electron chi connectivity index (χ4n) is 0.343. The molecule has 0 fully saturated rings. The van der Waals surface area contributed by atoms with E-state index >= 15 is 0 Å². The molecule has 0 aliphatic rings. The lowest BCUT2D eigenvalue weighted by Gasteiger charge is -2.01. The first kappa shape index (κ1) is 10.5. The van der Waals surface area contributed by atoms with Gasteiger partial charge in [0.2, 0.25) is 8.87 Å². The maximum atomic E-state index is 10.9. The Morgan fingerprint density at radius 3 is 2.55 bits per heavy atom. The molecule has 0 aliphatic heterocycles. The van der Waals surface area contributed by atoms with Crippen molar-refractivity contribution in [3.8, 4) is 0 Å². The Labute approximate surface area is 68.7 Å². The highest BCUT2D eigenvalue weighted by Gasteiger charge is 2.11. The Morgan fingerprint density at radius 1 is 1.73 bits per heavy atom. The molecule has 0 heterocycles. The van der Waals surface area contributed by atoms with Gasteiger partial charge in [0.25, 0.3) is 0 Å². The highest BCUT2D eigenvalue weighted by Crippen LogP contribution is 2.06. The lowest BCUT2D eigenvalue weighted by atomic mass is 10.7. The molecule has 0 rings (SSSR count). The molecule has 0 saturated heterocycles. The van der Waals surface area contributed by atoms with E-state index in [-0.39, 0.29) is 11.6 Å². The van der Waals surface area contributed by atoms with Crippen LogP contribution in [0.3, 0.4) is 0 Å². The minimum atomic E-state index is -3.18. The van der Waals surface area contributed by atoms with Crippen LogP contribution in [0.2, 0.25) is 0 Å². The summed E-state index contributed by atoms with van der Waals surface area (Å²) in [6, 6.07) is 0. The van der Waals surface area contributed by atoms with Crippen molar-refractivity contribution in [2.24, 2.45) is 16.8 Å². The van der Waals surface area contributed by atoms with Crippen molar-refractivity contribution < 1.29 is 8.42 Å². The molecule has 0 atom stereocenters. The van der Waals surface area contributed by atoms with Gasteiger partial charge >= 0.3 is 0 Å². The summed E-state index contributed by atoms with van der Waals surface area (Å²) in [4.78, 5) is 0. The zero-order valence-electron chi connectivity index (χ0n) is 5.94. The van der Waals surface area contributed by atoms with Crippen LogP contribution in [-0.2, 0) is 8.87 Å². The molecule has 6 nitrogen and oxygen atoms in total. The standard InChI is InChI=1S/C3H10N4O2S2/c1-10-11(8,9)2-3(6-4)7-5/h2,4-5H2,1H3,(H,6,7). The van der Waals surface area contributed by atoms with E-state index < -0.39 is 8.87 Å². The monoisotopic (exact) mass is 198 g/mol. The Morgan fingerprint density at radius 2 is 2.27 bits per heavy atom. The SMILES string of the molecule is CSS(=O)(=O)C/C(=N/N)NN. The van der Waals surface area contributed by atoms with E-state index in [4.69, 9.17) is 11.7 Å². The Hall–Kier alpha value is -0.470. The molecule has 0 saturated carbocycles. The molecule has 8 heteroatoms. The average Bonchev–Trinajstić information content (AvgIpc) is 2.00. The van der Waals surface area contributed by atoms with Crippen LogP contribution in [0.5, 0.6) is 0 Å². The van der Waals surface area contributed by atoms with Crippen LogP contribution >= 0.6 is 10.8 Å². The minimum Gasteiger partial charge on any atom is -0.322 e. The molecule has 0 aliphatic carbocycles. The smallest absolute Gasteiger partial charge is 0.208 e. The number of hydrazone groups is 1. The summed E-state index contributed by atoms with van der Waals surface area (Å²) in [5.74, 6) is 9.49. The first-order valence-corrected chi connectivity index (χ1v) is 5.96. The molecule has 5 N–H and O–H groups in total. The number of nitrogens with zero attached hydrogens (tertiary/aromatic N) is 1. The second-order valence-electron chi connectivity index (χ2n) is 1.59. The molecule has 0 radical (unpaired) electrons. The lowest BCUT2D eigenvalue weighted by molar-refractivity contribution is 0.613. The predicted octanol–water partition coefficient (Wildman–Crippen LogP) is -1.59. The second kappa shape index (κ2) is 4.42. The van der Waals surface area contributed by atoms with Crippen molar-refractivity contribution in [1.29, 1.82) is 0 Å². The first-order chi connectivity index (χ1) is 5.05. The number of hydrogen-bond donors (Lipinski definition) is 3. The fraction of sp³-hybridized carbons (Fsp3) is 0.667. The van der Waals surface area contributed by atoms with Crippen molar-refractivity contribution in [3.05, 3.63) is 0 Å². The van der Waals surface area contributed by atoms with E-state index in [9.17, 15) is 8.42 Å². The number of nitrogens with two attached hydrogens (primary N) is 2. The molecule has 0 unspecified atom stereocenters. The summed E-state index contributed by atoms with van der Waals surface area (Å²) in [7, 11) is -2.45. The summed E-state index contributed by atoms with van der Waals surface area (Å²) in [5, 5.41) is 3.13. The minimum absolute atomic E-state index is 0.0411. The topological polar surface area (TPSA) is 111 Å². The van der Waals surface area contributed by atoms with Gasteiger partial charge in [0.1, 0.15) is 5.75 Å². The normalized spacial score (nSPS) is 13.1. The van der Waals surface area contributed by atoms with Crippen molar-refractivity contribution in [1.82, 2.24) is 5.43 Å². The largest absolute Gasteiger partial charge is 0.322 e. The van der Waals surface area contributed by atoms with Crippen LogP contribution in [0.4, 0.5) is 0 Å². The van der Waals surface area contributed by atoms with E-state index in [2.05, 4.69) is 10.5 Å². The number of rotatable bonds is 3. The maximum Gasteiger partial charge on any atom is 0.208 e. The number of nitrogens with one attached hydrogen (secondary N) is 1. The molecule has 0 amide bonds. The Bertz CT molecular complexity index is 234. The highest BCUT2D eigenvalue weighted by molar-refractivity contribution is 8.71. The summed E-state index contributed by atoms with van der Waals surface area (Å²) >= 11 is 0. The van der Waals surface area contributed by atoms with Gasteiger partial charge in [-0.05, 0) is 17.0 Å². The van der Waals surface area contributed by atoms with Crippen LogP contribution in [0.1, 0.15) is 0 Å². The zero-order valence-corrected chi connectivity index (χ0v) is 7.58. The predicted molar refractivity (Wildman–Crippen MR) is 46.2 cm³/mol. The highest BCUT2D eigenvalue weighted by atomic mass is 33.1. The van der Waals surface area contributed by atoms with E-state index in [1.165, 1.54) is 6.26 Å². The summed E-state index contributed by atoms with van der Waals surface area (Å²) < 4.78 is 21.7. The van der Waals surface area contributed by atoms with Gasteiger partial charge in [-0.1, -0.05) is 0 Å². The van der Waals surface area contributed by atoms with Gasteiger partial charge in [0.15, 0.2) is 5.84 Å². The molecular weight excluding hydrogens is 188 g/mol. The van der Waals surface area contributed by atoms with Gasteiger partial charge in [0, 0.05) is 0 Å². The van der Waals surface area contributed by atoms with E-state index in [0.717, 1.165) is 10.8 Å². The third kappa shape index (κ3) is 4.06. The maximum absolute atomic E-state index is 10.9.